The molecule has 0 aromatic carbocycles. The minimum absolute atomic E-state index is 0.0649. The van der Waals surface area contributed by atoms with Crippen LogP contribution in [0, 0.1) is 12.8 Å². The fraction of sp³-hybridized carbons (Fsp3) is 0.389. The summed E-state index contributed by atoms with van der Waals surface area (Å²) in [6.45, 7) is 3.31. The molecule has 3 aromatic heterocycles. The second-order valence-electron chi connectivity index (χ2n) is 6.56. The highest BCUT2D eigenvalue weighted by Gasteiger charge is 2.29. The lowest BCUT2D eigenvalue weighted by molar-refractivity contribution is 0.0893. The predicted molar refractivity (Wildman–Crippen MR) is 94.7 cm³/mol. The highest BCUT2D eigenvalue weighted by molar-refractivity contribution is 5.95. The minimum Gasteiger partial charge on any atom is -0.356 e. The summed E-state index contributed by atoms with van der Waals surface area (Å²) in [5, 5.41) is 3.80. The molecule has 0 N–H and O–H groups in total. The minimum atomic E-state index is -0.0649. The topological polar surface area (TPSA) is 89.9 Å². The SMILES string of the molecule is Cc1noc(-c2ccc(N3CCC[C@H](C(=O)c4nccn4C)C3)nc2)n1. The van der Waals surface area contributed by atoms with Crippen LogP contribution < -0.4 is 4.90 Å². The maximum atomic E-state index is 12.7. The molecule has 4 heterocycles. The normalized spacial score (nSPS) is 17.5. The molecule has 8 heteroatoms. The molecule has 4 rings (SSSR count). The number of piperidine rings is 1. The van der Waals surface area contributed by atoms with E-state index in [2.05, 4.69) is 25.0 Å². The number of imidazole rings is 1. The monoisotopic (exact) mass is 352 g/mol. The van der Waals surface area contributed by atoms with Gasteiger partial charge in [-0.15, -0.1) is 0 Å². The second kappa shape index (κ2) is 6.70. The lowest BCUT2D eigenvalue weighted by atomic mass is 9.93. The summed E-state index contributed by atoms with van der Waals surface area (Å²) in [6, 6.07) is 3.85. The van der Waals surface area contributed by atoms with E-state index in [1.54, 1.807) is 30.1 Å². The van der Waals surface area contributed by atoms with Gasteiger partial charge in [-0.25, -0.2) is 9.97 Å². The fourth-order valence-corrected chi connectivity index (χ4v) is 3.30. The van der Waals surface area contributed by atoms with E-state index in [1.807, 2.05) is 19.2 Å². The number of hydrogen-bond donors (Lipinski definition) is 0. The Balaban J connectivity index is 1.49. The number of carbonyl (C=O) groups is 1. The van der Waals surface area contributed by atoms with Gasteiger partial charge in [0.1, 0.15) is 5.82 Å². The van der Waals surface area contributed by atoms with Crippen molar-refractivity contribution in [2.24, 2.45) is 13.0 Å². The third-order valence-electron chi connectivity index (χ3n) is 4.68. The number of carbonyl (C=O) groups excluding carboxylic acids is 1. The average Bonchev–Trinajstić information content (AvgIpc) is 3.30. The smallest absolute Gasteiger partial charge is 0.259 e. The molecule has 0 saturated carbocycles. The van der Waals surface area contributed by atoms with Crippen molar-refractivity contribution in [3.05, 3.63) is 42.4 Å². The van der Waals surface area contributed by atoms with Crippen molar-refractivity contribution in [3.8, 4) is 11.5 Å². The van der Waals surface area contributed by atoms with Gasteiger partial charge in [0.2, 0.25) is 5.78 Å². The van der Waals surface area contributed by atoms with Crippen LogP contribution in [-0.4, -0.2) is 43.5 Å². The summed E-state index contributed by atoms with van der Waals surface area (Å²) < 4.78 is 6.95. The van der Waals surface area contributed by atoms with Crippen LogP contribution in [0.15, 0.2) is 35.2 Å². The molecule has 0 spiro atoms. The molecule has 1 atom stereocenters. The predicted octanol–water partition coefficient (Wildman–Crippen LogP) is 2.27. The molecule has 8 nitrogen and oxygen atoms in total. The molecule has 0 radical (unpaired) electrons. The Bertz CT molecular complexity index is 914. The molecule has 1 fully saturated rings. The molecule has 3 aromatic rings. The number of Topliss-reactive ketones (excluding diaryl/α,β-unsaturated/α-hetero) is 1. The van der Waals surface area contributed by atoms with E-state index in [-0.39, 0.29) is 11.7 Å². The molecular weight excluding hydrogens is 332 g/mol. The summed E-state index contributed by atoms with van der Waals surface area (Å²) in [5.41, 5.74) is 0.784. The Kier molecular flexibility index (Phi) is 4.24. The summed E-state index contributed by atoms with van der Waals surface area (Å²) >= 11 is 0. The van der Waals surface area contributed by atoms with Crippen molar-refractivity contribution >= 4 is 11.6 Å². The number of aryl methyl sites for hydroxylation is 2. The van der Waals surface area contributed by atoms with Gasteiger partial charge in [-0.1, -0.05) is 5.16 Å². The van der Waals surface area contributed by atoms with E-state index in [9.17, 15) is 4.79 Å². The van der Waals surface area contributed by atoms with Crippen molar-refractivity contribution in [1.82, 2.24) is 24.7 Å². The Morgan fingerprint density at radius 3 is 2.85 bits per heavy atom. The van der Waals surface area contributed by atoms with Crippen LogP contribution in [0.1, 0.15) is 29.3 Å². The first-order valence-electron chi connectivity index (χ1n) is 8.65. The molecule has 1 saturated heterocycles. The zero-order valence-corrected chi connectivity index (χ0v) is 14.8. The molecular formula is C18H20N6O2. The van der Waals surface area contributed by atoms with Crippen LogP contribution in [0.2, 0.25) is 0 Å². The van der Waals surface area contributed by atoms with Crippen molar-refractivity contribution in [2.75, 3.05) is 18.0 Å². The Labute approximate surface area is 150 Å². The number of rotatable bonds is 4. The zero-order chi connectivity index (χ0) is 18.1. The molecule has 0 unspecified atom stereocenters. The van der Waals surface area contributed by atoms with Gasteiger partial charge in [-0.3, -0.25) is 4.79 Å². The first kappa shape index (κ1) is 16.4. The van der Waals surface area contributed by atoms with Gasteiger partial charge in [0, 0.05) is 44.6 Å². The number of pyridine rings is 1. The van der Waals surface area contributed by atoms with Gasteiger partial charge >= 0.3 is 0 Å². The summed E-state index contributed by atoms with van der Waals surface area (Å²) in [4.78, 5) is 27.8. The Hall–Kier alpha value is -3.03. The van der Waals surface area contributed by atoms with E-state index in [0.717, 1.165) is 30.8 Å². The maximum absolute atomic E-state index is 12.7. The van der Waals surface area contributed by atoms with E-state index in [4.69, 9.17) is 4.52 Å². The van der Waals surface area contributed by atoms with Gasteiger partial charge in [0.25, 0.3) is 5.89 Å². The highest BCUT2D eigenvalue weighted by Crippen LogP contribution is 2.25. The van der Waals surface area contributed by atoms with Gasteiger partial charge in [0.05, 0.1) is 5.56 Å². The lowest BCUT2D eigenvalue weighted by Crippen LogP contribution is -2.39. The fourth-order valence-electron chi connectivity index (χ4n) is 3.30. The third-order valence-corrected chi connectivity index (χ3v) is 4.68. The molecule has 1 aliphatic rings. The van der Waals surface area contributed by atoms with Gasteiger partial charge < -0.3 is 14.0 Å². The number of anilines is 1. The van der Waals surface area contributed by atoms with Crippen LogP contribution in [0.3, 0.4) is 0 Å². The van der Waals surface area contributed by atoms with Crippen LogP contribution in [0.5, 0.6) is 0 Å². The first-order chi connectivity index (χ1) is 12.6. The summed E-state index contributed by atoms with van der Waals surface area (Å²) in [5.74, 6) is 2.46. The summed E-state index contributed by atoms with van der Waals surface area (Å²) in [7, 11) is 1.85. The average molecular weight is 352 g/mol. The van der Waals surface area contributed by atoms with Gasteiger partial charge in [-0.05, 0) is 31.9 Å². The molecule has 0 amide bonds. The number of ketones is 1. The van der Waals surface area contributed by atoms with E-state index >= 15 is 0 Å². The van der Waals surface area contributed by atoms with E-state index < -0.39 is 0 Å². The first-order valence-corrected chi connectivity index (χ1v) is 8.65. The van der Waals surface area contributed by atoms with Gasteiger partial charge in [-0.2, -0.15) is 4.98 Å². The van der Waals surface area contributed by atoms with Crippen LogP contribution in [-0.2, 0) is 7.05 Å². The summed E-state index contributed by atoms with van der Waals surface area (Å²) in [6.07, 6.45) is 7.02. The van der Waals surface area contributed by atoms with Crippen LogP contribution in [0.4, 0.5) is 5.82 Å². The Morgan fingerprint density at radius 1 is 1.31 bits per heavy atom. The van der Waals surface area contributed by atoms with Crippen molar-refractivity contribution in [2.45, 2.75) is 19.8 Å². The Morgan fingerprint density at radius 2 is 2.19 bits per heavy atom. The van der Waals surface area contributed by atoms with Crippen molar-refractivity contribution < 1.29 is 9.32 Å². The number of nitrogens with zero attached hydrogens (tertiary/aromatic N) is 6. The molecule has 26 heavy (non-hydrogen) atoms. The van der Waals surface area contributed by atoms with Crippen LogP contribution >= 0.6 is 0 Å². The molecule has 0 aliphatic carbocycles. The third kappa shape index (κ3) is 3.10. The highest BCUT2D eigenvalue weighted by atomic mass is 16.5. The van der Waals surface area contributed by atoms with Crippen molar-refractivity contribution in [3.63, 3.8) is 0 Å². The number of aromatic nitrogens is 5. The van der Waals surface area contributed by atoms with E-state index in [0.29, 0.717) is 24.1 Å². The van der Waals surface area contributed by atoms with Crippen molar-refractivity contribution in [1.29, 1.82) is 0 Å². The largest absolute Gasteiger partial charge is 0.356 e. The molecule has 134 valence electrons. The van der Waals surface area contributed by atoms with Gasteiger partial charge in [0.15, 0.2) is 11.6 Å². The second-order valence-corrected chi connectivity index (χ2v) is 6.56. The zero-order valence-electron chi connectivity index (χ0n) is 14.8. The standard InChI is InChI=1S/C18H20N6O2/c1-12-21-18(26-22-12)13-5-6-15(20-10-13)24-8-3-4-14(11-24)16(25)17-19-7-9-23(17)2/h5-7,9-10,14H,3-4,8,11H2,1-2H3/t14-/m0/s1. The quantitative estimate of drug-likeness (QED) is 0.665. The molecule has 0 bridgehead atoms. The van der Waals surface area contributed by atoms with E-state index in [1.165, 1.54) is 0 Å². The maximum Gasteiger partial charge on any atom is 0.259 e. The molecule has 1 aliphatic heterocycles. The van der Waals surface area contributed by atoms with Crippen LogP contribution in [0.25, 0.3) is 11.5 Å². The lowest BCUT2D eigenvalue weighted by Gasteiger charge is -2.32. The number of hydrogen-bond acceptors (Lipinski definition) is 7.